The van der Waals surface area contributed by atoms with Gasteiger partial charge in [0.15, 0.2) is 0 Å². The van der Waals surface area contributed by atoms with Crippen LogP contribution < -0.4 is 0 Å². The van der Waals surface area contributed by atoms with E-state index in [1.165, 1.54) is 77.3 Å². The highest BCUT2D eigenvalue weighted by molar-refractivity contribution is 5.13. The van der Waals surface area contributed by atoms with E-state index in [1.54, 1.807) is 0 Å². The van der Waals surface area contributed by atoms with E-state index in [9.17, 15) is 0 Å². The second kappa shape index (κ2) is 7.24. The van der Waals surface area contributed by atoms with Crippen LogP contribution in [0.15, 0.2) is 0 Å². The Labute approximate surface area is 172 Å². The van der Waals surface area contributed by atoms with E-state index < -0.39 is 0 Å². The molecule has 3 heteroatoms. The van der Waals surface area contributed by atoms with E-state index in [1.807, 2.05) is 0 Å². The second-order valence-electron chi connectivity index (χ2n) is 12.0. The molecule has 5 fully saturated rings. The monoisotopic (exact) mass is 389 g/mol. The molecule has 0 aromatic heterocycles. The molecule has 6 atom stereocenters. The van der Waals surface area contributed by atoms with Gasteiger partial charge in [0.05, 0.1) is 26.0 Å². The first-order chi connectivity index (χ1) is 13.4. The van der Waals surface area contributed by atoms with Crippen LogP contribution >= 0.6 is 0 Å². The van der Waals surface area contributed by atoms with E-state index in [0.717, 1.165) is 31.8 Å². The van der Waals surface area contributed by atoms with E-state index in [0.29, 0.717) is 28.3 Å². The maximum Gasteiger partial charge on any atom is 0.0990 e. The van der Waals surface area contributed by atoms with Gasteiger partial charge >= 0.3 is 0 Å². The fourth-order valence-electron chi connectivity index (χ4n) is 8.68. The Morgan fingerprint density at radius 2 is 1.75 bits per heavy atom. The van der Waals surface area contributed by atoms with Crippen molar-refractivity contribution in [2.45, 2.75) is 91.1 Å². The van der Waals surface area contributed by atoms with E-state index in [2.05, 4.69) is 25.7 Å². The summed E-state index contributed by atoms with van der Waals surface area (Å²) < 4.78 is 12.5. The Morgan fingerprint density at radius 1 is 0.929 bits per heavy atom. The van der Waals surface area contributed by atoms with E-state index in [4.69, 9.17) is 9.47 Å². The molecule has 2 aliphatic heterocycles. The summed E-state index contributed by atoms with van der Waals surface area (Å²) in [6.45, 7) is 13.1. The molecule has 160 valence electrons. The molecular weight excluding hydrogens is 346 g/mol. The van der Waals surface area contributed by atoms with Crippen molar-refractivity contribution in [3.05, 3.63) is 0 Å². The van der Waals surface area contributed by atoms with Gasteiger partial charge in [-0.1, -0.05) is 27.2 Å². The van der Waals surface area contributed by atoms with Gasteiger partial charge in [0.25, 0.3) is 0 Å². The van der Waals surface area contributed by atoms with Crippen molar-refractivity contribution in [2.24, 2.45) is 34.0 Å². The average Bonchev–Trinajstić information content (AvgIpc) is 3.11. The number of likely N-dealkylation sites (tertiary alicyclic amines) is 1. The van der Waals surface area contributed by atoms with Crippen LogP contribution in [0.4, 0.5) is 0 Å². The number of hydrogen-bond donors (Lipinski definition) is 0. The van der Waals surface area contributed by atoms with Gasteiger partial charge in [0.2, 0.25) is 0 Å². The van der Waals surface area contributed by atoms with E-state index >= 15 is 0 Å². The zero-order valence-electron chi connectivity index (χ0n) is 18.7. The van der Waals surface area contributed by atoms with Crippen molar-refractivity contribution >= 4 is 0 Å². The van der Waals surface area contributed by atoms with Crippen molar-refractivity contribution in [1.29, 1.82) is 0 Å². The van der Waals surface area contributed by atoms with Gasteiger partial charge in [-0.15, -0.1) is 0 Å². The zero-order valence-corrected chi connectivity index (χ0v) is 18.7. The third-order valence-corrected chi connectivity index (χ3v) is 10.1. The first kappa shape index (κ1) is 19.8. The molecule has 2 heterocycles. The molecule has 5 rings (SSSR count). The second-order valence-corrected chi connectivity index (χ2v) is 12.0. The summed E-state index contributed by atoms with van der Waals surface area (Å²) in [6, 6.07) is 0. The normalized spacial score (nSPS) is 48.1. The van der Waals surface area contributed by atoms with Crippen molar-refractivity contribution < 1.29 is 9.47 Å². The van der Waals surface area contributed by atoms with Gasteiger partial charge in [0.1, 0.15) is 0 Å². The molecule has 3 unspecified atom stereocenters. The summed E-state index contributed by atoms with van der Waals surface area (Å²) in [5.41, 5.74) is 1.56. The number of ether oxygens (including phenoxy) is 2. The number of rotatable bonds is 4. The lowest BCUT2D eigenvalue weighted by atomic mass is 9.41. The lowest BCUT2D eigenvalue weighted by Gasteiger charge is -2.67. The number of hydrogen-bond acceptors (Lipinski definition) is 3. The van der Waals surface area contributed by atoms with Gasteiger partial charge in [-0.2, -0.15) is 0 Å². The van der Waals surface area contributed by atoms with Gasteiger partial charge in [-0.25, -0.2) is 0 Å². The van der Waals surface area contributed by atoms with Crippen LogP contribution in [0, 0.1) is 34.0 Å². The largest absolute Gasteiger partial charge is 0.377 e. The first-order valence-electron chi connectivity index (χ1n) is 12.4. The number of fused-ring (bicyclic) bond motifs is 2. The van der Waals surface area contributed by atoms with Crippen LogP contribution in [-0.2, 0) is 9.47 Å². The average molecular weight is 390 g/mol. The summed E-state index contributed by atoms with van der Waals surface area (Å²) in [4.78, 5) is 2.48. The smallest absolute Gasteiger partial charge is 0.0990 e. The van der Waals surface area contributed by atoms with Gasteiger partial charge in [-0.05, 0) is 86.4 Å². The van der Waals surface area contributed by atoms with Crippen LogP contribution in [0.3, 0.4) is 0 Å². The highest BCUT2D eigenvalue weighted by atomic mass is 16.5. The van der Waals surface area contributed by atoms with Crippen molar-refractivity contribution in [1.82, 2.24) is 4.90 Å². The predicted molar refractivity (Wildman–Crippen MR) is 113 cm³/mol. The van der Waals surface area contributed by atoms with Crippen molar-refractivity contribution in [2.75, 3.05) is 33.0 Å². The molecule has 1 spiro atoms. The standard InChI is InChI=1S/C25H43NO2/c1-23(2)10-6-11-24(3)20(23)9-12-25-17-28-22(25)15-19(7-8-21(24)25)16-27-18-26-13-4-5-14-26/h19-22H,4-18H2,1-3H3/t19?,20?,21?,22-,24+,25+/m1/s1. The van der Waals surface area contributed by atoms with Crippen molar-refractivity contribution in [3.8, 4) is 0 Å². The Kier molecular flexibility index (Phi) is 5.12. The van der Waals surface area contributed by atoms with Gasteiger partial charge in [-0.3, -0.25) is 4.90 Å². The number of nitrogens with zero attached hydrogens (tertiary/aromatic N) is 1. The Balaban J connectivity index is 1.29. The van der Waals surface area contributed by atoms with Crippen LogP contribution in [-0.4, -0.2) is 44.0 Å². The molecule has 0 radical (unpaired) electrons. The Hall–Kier alpha value is -0.120. The maximum absolute atomic E-state index is 6.30. The SMILES string of the molecule is CC1(C)CCC[C@@]2(C)C1CC[C@@]13CO[C@@H]1CC(COCN1CCCC1)CCC23. The highest BCUT2D eigenvalue weighted by Gasteiger charge is 2.65. The predicted octanol–water partition coefficient (Wildman–Crippen LogP) is 5.48. The third-order valence-electron chi connectivity index (χ3n) is 10.1. The Morgan fingerprint density at radius 3 is 2.50 bits per heavy atom. The quantitative estimate of drug-likeness (QED) is 0.635. The lowest BCUT2D eigenvalue weighted by Crippen LogP contribution is -2.65. The van der Waals surface area contributed by atoms with Crippen LogP contribution in [0.1, 0.15) is 85.0 Å². The minimum absolute atomic E-state index is 0.502. The summed E-state index contributed by atoms with van der Waals surface area (Å²) in [5.74, 6) is 2.49. The summed E-state index contributed by atoms with van der Waals surface area (Å²) in [5, 5.41) is 0. The first-order valence-corrected chi connectivity index (χ1v) is 12.4. The molecule has 3 nitrogen and oxygen atoms in total. The summed E-state index contributed by atoms with van der Waals surface area (Å²) in [7, 11) is 0. The highest BCUT2D eigenvalue weighted by Crippen LogP contribution is 2.69. The molecule has 0 aromatic rings. The molecular formula is C25H43NO2. The fourth-order valence-corrected chi connectivity index (χ4v) is 8.68. The molecule has 0 aromatic carbocycles. The summed E-state index contributed by atoms with van der Waals surface area (Å²) >= 11 is 0. The van der Waals surface area contributed by atoms with Crippen LogP contribution in [0.25, 0.3) is 0 Å². The molecule has 28 heavy (non-hydrogen) atoms. The van der Waals surface area contributed by atoms with Crippen LogP contribution in [0.2, 0.25) is 0 Å². The van der Waals surface area contributed by atoms with E-state index in [-0.39, 0.29) is 0 Å². The van der Waals surface area contributed by atoms with Gasteiger partial charge < -0.3 is 9.47 Å². The fraction of sp³-hybridized carbons (Fsp3) is 1.00. The lowest BCUT2D eigenvalue weighted by molar-refractivity contribution is -0.272. The minimum atomic E-state index is 0.502. The Bertz CT molecular complexity index is 571. The third kappa shape index (κ3) is 3.10. The molecule has 0 bridgehead atoms. The zero-order chi connectivity index (χ0) is 19.4. The molecule has 5 aliphatic rings. The topological polar surface area (TPSA) is 21.7 Å². The molecule has 0 N–H and O–H groups in total. The molecule has 3 saturated carbocycles. The summed E-state index contributed by atoms with van der Waals surface area (Å²) in [6.07, 6.45) is 14.4. The molecule has 2 saturated heterocycles. The molecule has 3 aliphatic carbocycles. The van der Waals surface area contributed by atoms with Crippen molar-refractivity contribution in [3.63, 3.8) is 0 Å². The minimum Gasteiger partial charge on any atom is -0.377 e. The van der Waals surface area contributed by atoms with Crippen LogP contribution in [0.5, 0.6) is 0 Å². The van der Waals surface area contributed by atoms with Gasteiger partial charge in [0, 0.05) is 18.5 Å². The molecule has 0 amide bonds. The maximum atomic E-state index is 6.30.